The van der Waals surface area contributed by atoms with E-state index in [1.54, 1.807) is 10.9 Å². The largest absolute Gasteiger partial charge is 0.295 e. The SMILES string of the molecule is CC(=O)c1cccc(S(=O)(=O)NC(=O)CCc2cscn2)c1. The van der Waals surface area contributed by atoms with Gasteiger partial charge in [-0.25, -0.2) is 18.1 Å². The van der Waals surface area contributed by atoms with E-state index in [0.717, 1.165) is 5.69 Å². The first-order chi connectivity index (χ1) is 10.4. The third-order valence-corrected chi connectivity index (χ3v) is 4.90. The maximum Gasteiger partial charge on any atom is 0.264 e. The molecule has 2 aromatic rings. The Labute approximate surface area is 132 Å². The van der Waals surface area contributed by atoms with Crippen LogP contribution in [0.4, 0.5) is 0 Å². The fourth-order valence-corrected chi connectivity index (χ4v) is 3.40. The van der Waals surface area contributed by atoms with Gasteiger partial charge in [-0.2, -0.15) is 0 Å². The van der Waals surface area contributed by atoms with Gasteiger partial charge in [-0.05, 0) is 25.5 Å². The first-order valence-corrected chi connectivity index (χ1v) is 8.85. The van der Waals surface area contributed by atoms with Crippen molar-refractivity contribution in [3.8, 4) is 0 Å². The van der Waals surface area contributed by atoms with Crippen LogP contribution in [0.15, 0.2) is 40.1 Å². The molecule has 116 valence electrons. The van der Waals surface area contributed by atoms with E-state index in [0.29, 0.717) is 6.42 Å². The fourth-order valence-electron chi connectivity index (χ4n) is 1.74. The number of amides is 1. The Kier molecular flexibility index (Phi) is 5.04. The van der Waals surface area contributed by atoms with Crippen LogP contribution in [-0.2, 0) is 21.2 Å². The fraction of sp³-hybridized carbons (Fsp3) is 0.214. The van der Waals surface area contributed by atoms with E-state index in [-0.39, 0.29) is 22.7 Å². The quantitative estimate of drug-likeness (QED) is 0.811. The number of aryl methyl sites for hydroxylation is 1. The first-order valence-electron chi connectivity index (χ1n) is 6.42. The van der Waals surface area contributed by atoms with Crippen molar-refractivity contribution in [1.29, 1.82) is 0 Å². The van der Waals surface area contributed by atoms with Gasteiger partial charge in [0.1, 0.15) is 0 Å². The van der Waals surface area contributed by atoms with Gasteiger partial charge in [-0.3, -0.25) is 9.59 Å². The zero-order valence-electron chi connectivity index (χ0n) is 11.8. The second-order valence-corrected chi connectivity index (χ2v) is 6.99. The van der Waals surface area contributed by atoms with Crippen LogP contribution in [-0.4, -0.2) is 25.1 Å². The first kappa shape index (κ1) is 16.3. The molecule has 0 saturated heterocycles. The van der Waals surface area contributed by atoms with Gasteiger partial charge < -0.3 is 0 Å². The van der Waals surface area contributed by atoms with Crippen LogP contribution in [0.25, 0.3) is 0 Å². The van der Waals surface area contributed by atoms with E-state index in [2.05, 4.69) is 4.98 Å². The number of nitrogens with zero attached hydrogens (tertiary/aromatic N) is 1. The number of carbonyl (C=O) groups excluding carboxylic acids is 2. The molecule has 0 spiro atoms. The van der Waals surface area contributed by atoms with Crippen molar-refractivity contribution in [2.75, 3.05) is 0 Å². The van der Waals surface area contributed by atoms with Crippen LogP contribution in [0.1, 0.15) is 29.4 Å². The van der Waals surface area contributed by atoms with E-state index in [1.807, 2.05) is 4.72 Å². The molecule has 0 aliphatic heterocycles. The Hall–Kier alpha value is -2.06. The molecule has 1 N–H and O–H groups in total. The lowest BCUT2D eigenvalue weighted by Crippen LogP contribution is -2.30. The molecule has 6 nitrogen and oxygen atoms in total. The van der Waals surface area contributed by atoms with Crippen LogP contribution in [0.3, 0.4) is 0 Å². The molecule has 2 rings (SSSR count). The predicted octanol–water partition coefficient (Wildman–Crippen LogP) is 1.78. The molecule has 8 heteroatoms. The smallest absolute Gasteiger partial charge is 0.264 e. The molecule has 0 fully saturated rings. The van der Waals surface area contributed by atoms with E-state index in [9.17, 15) is 18.0 Å². The molecule has 1 aromatic carbocycles. The summed E-state index contributed by atoms with van der Waals surface area (Å²) in [5.74, 6) is -0.854. The maximum atomic E-state index is 12.1. The number of sulfonamides is 1. The number of ketones is 1. The zero-order valence-corrected chi connectivity index (χ0v) is 13.4. The highest BCUT2D eigenvalue weighted by atomic mass is 32.2. The average molecular weight is 338 g/mol. The molecular formula is C14H14N2O4S2. The third kappa shape index (κ3) is 4.22. The highest BCUT2D eigenvalue weighted by Crippen LogP contribution is 2.12. The van der Waals surface area contributed by atoms with Crippen molar-refractivity contribution in [3.63, 3.8) is 0 Å². The van der Waals surface area contributed by atoms with Gasteiger partial charge in [0.2, 0.25) is 5.91 Å². The van der Waals surface area contributed by atoms with Gasteiger partial charge in [0, 0.05) is 17.4 Å². The topological polar surface area (TPSA) is 93.2 Å². The van der Waals surface area contributed by atoms with Gasteiger partial charge in [0.25, 0.3) is 10.0 Å². The van der Waals surface area contributed by atoms with Crippen LogP contribution < -0.4 is 4.72 Å². The minimum atomic E-state index is -3.98. The van der Waals surface area contributed by atoms with Crippen molar-refractivity contribution in [2.45, 2.75) is 24.7 Å². The number of aromatic nitrogens is 1. The summed E-state index contributed by atoms with van der Waals surface area (Å²) in [4.78, 5) is 27.0. The summed E-state index contributed by atoms with van der Waals surface area (Å²) in [7, 11) is -3.98. The van der Waals surface area contributed by atoms with Gasteiger partial charge in [0.05, 0.1) is 16.1 Å². The summed E-state index contributed by atoms with van der Waals surface area (Å²) in [5.41, 5.74) is 2.67. The van der Waals surface area contributed by atoms with E-state index >= 15 is 0 Å². The molecule has 0 bridgehead atoms. The summed E-state index contributed by atoms with van der Waals surface area (Å²) >= 11 is 1.41. The number of carbonyl (C=O) groups is 2. The van der Waals surface area contributed by atoms with Gasteiger partial charge in [-0.15, -0.1) is 11.3 Å². The molecule has 22 heavy (non-hydrogen) atoms. The molecule has 0 atom stereocenters. The summed E-state index contributed by atoms with van der Waals surface area (Å²) < 4.78 is 26.2. The molecule has 1 aromatic heterocycles. The maximum absolute atomic E-state index is 12.1. The summed E-state index contributed by atoms with van der Waals surface area (Å²) in [6.45, 7) is 1.35. The number of Topliss-reactive ketones (excluding diaryl/α,β-unsaturated/α-hetero) is 1. The molecule has 0 aliphatic carbocycles. The van der Waals surface area contributed by atoms with E-state index in [1.165, 1.54) is 42.5 Å². The Balaban J connectivity index is 2.05. The highest BCUT2D eigenvalue weighted by Gasteiger charge is 2.18. The van der Waals surface area contributed by atoms with Gasteiger partial charge in [0.15, 0.2) is 5.78 Å². The molecule has 0 saturated carbocycles. The molecule has 1 heterocycles. The number of hydrogen-bond donors (Lipinski definition) is 1. The molecule has 0 unspecified atom stereocenters. The van der Waals surface area contributed by atoms with Crippen molar-refractivity contribution >= 4 is 33.1 Å². The summed E-state index contributed by atoms with van der Waals surface area (Å²) in [6.07, 6.45) is 0.397. The van der Waals surface area contributed by atoms with Gasteiger partial charge in [-0.1, -0.05) is 12.1 Å². The van der Waals surface area contributed by atoms with Crippen LogP contribution in [0, 0.1) is 0 Å². The normalized spacial score (nSPS) is 11.1. The summed E-state index contributed by atoms with van der Waals surface area (Å²) in [6, 6.07) is 5.57. The predicted molar refractivity (Wildman–Crippen MR) is 82.2 cm³/mol. The molecular weight excluding hydrogens is 324 g/mol. The summed E-state index contributed by atoms with van der Waals surface area (Å²) in [5, 5.41) is 1.80. The monoisotopic (exact) mass is 338 g/mol. The van der Waals surface area contributed by atoms with E-state index < -0.39 is 15.9 Å². The molecule has 0 radical (unpaired) electrons. The van der Waals surface area contributed by atoms with Gasteiger partial charge >= 0.3 is 0 Å². The van der Waals surface area contributed by atoms with Crippen LogP contribution in [0.2, 0.25) is 0 Å². The lowest BCUT2D eigenvalue weighted by atomic mass is 10.2. The van der Waals surface area contributed by atoms with E-state index in [4.69, 9.17) is 0 Å². The molecule has 1 amide bonds. The van der Waals surface area contributed by atoms with Crippen molar-refractivity contribution < 1.29 is 18.0 Å². The number of nitrogens with one attached hydrogen (secondary N) is 1. The molecule has 0 aliphatic rings. The average Bonchev–Trinajstić information content (AvgIpc) is 2.98. The Bertz CT molecular complexity index is 783. The number of thiazole rings is 1. The number of hydrogen-bond acceptors (Lipinski definition) is 6. The Morgan fingerprint density at radius 1 is 1.32 bits per heavy atom. The number of rotatable bonds is 6. The second-order valence-electron chi connectivity index (χ2n) is 4.59. The minimum Gasteiger partial charge on any atom is -0.295 e. The van der Waals surface area contributed by atoms with Crippen LogP contribution in [0.5, 0.6) is 0 Å². The third-order valence-electron chi connectivity index (χ3n) is 2.89. The van der Waals surface area contributed by atoms with Crippen LogP contribution >= 0.6 is 11.3 Å². The minimum absolute atomic E-state index is 0.0232. The second kappa shape index (κ2) is 6.80. The van der Waals surface area contributed by atoms with Crippen molar-refractivity contribution in [3.05, 3.63) is 46.4 Å². The lowest BCUT2D eigenvalue weighted by Gasteiger charge is -2.07. The Morgan fingerprint density at radius 3 is 2.73 bits per heavy atom. The van der Waals surface area contributed by atoms with Crippen molar-refractivity contribution in [1.82, 2.24) is 9.71 Å². The number of benzene rings is 1. The standard InChI is InChI=1S/C14H14N2O4S2/c1-10(17)11-3-2-4-13(7-11)22(19,20)16-14(18)6-5-12-8-21-9-15-12/h2-4,7-9H,5-6H2,1H3,(H,16,18). The Morgan fingerprint density at radius 2 is 2.09 bits per heavy atom. The highest BCUT2D eigenvalue weighted by molar-refractivity contribution is 7.90. The zero-order chi connectivity index (χ0) is 16.2. The van der Waals surface area contributed by atoms with Crippen molar-refractivity contribution in [2.24, 2.45) is 0 Å². The lowest BCUT2D eigenvalue weighted by molar-refractivity contribution is -0.119.